The average Bonchev–Trinajstić information content (AvgIpc) is 3.34. The van der Waals surface area contributed by atoms with Crippen LogP contribution in [0.4, 0.5) is 0 Å². The minimum absolute atomic E-state index is 0.0414. The van der Waals surface area contributed by atoms with Gasteiger partial charge in [0.25, 0.3) is 0 Å². The summed E-state index contributed by atoms with van der Waals surface area (Å²) in [6, 6.07) is 18.6. The first-order valence-electron chi connectivity index (χ1n) is 7.14. The molecule has 21 heavy (non-hydrogen) atoms. The van der Waals surface area contributed by atoms with Gasteiger partial charge in [-0.1, -0.05) is 48.5 Å². The van der Waals surface area contributed by atoms with Crippen LogP contribution < -0.4 is 0 Å². The lowest BCUT2D eigenvalue weighted by atomic mass is 9.81. The molecule has 0 saturated carbocycles. The highest BCUT2D eigenvalue weighted by Gasteiger charge is 2.48. The minimum Gasteiger partial charge on any atom is -0.359 e. The van der Waals surface area contributed by atoms with E-state index in [1.165, 1.54) is 11.1 Å². The normalized spacial score (nSPS) is 21.3. The van der Waals surface area contributed by atoms with E-state index in [0.29, 0.717) is 0 Å². The molecule has 0 spiro atoms. The van der Waals surface area contributed by atoms with Crippen LogP contribution in [0.2, 0.25) is 0 Å². The number of carbonyl (C=O) groups excluding carboxylic acids is 1. The van der Waals surface area contributed by atoms with Crippen LogP contribution >= 0.6 is 0 Å². The second-order valence-corrected chi connectivity index (χ2v) is 5.65. The molecule has 2 nitrogen and oxygen atoms in total. The molecule has 0 radical (unpaired) electrons. The number of rotatable bonds is 1. The molecule has 1 heterocycles. The highest BCUT2D eigenvalue weighted by Crippen LogP contribution is 2.60. The zero-order valence-electron chi connectivity index (χ0n) is 11.2. The molecule has 0 aromatic heterocycles. The second kappa shape index (κ2) is 3.80. The van der Waals surface area contributed by atoms with E-state index >= 15 is 0 Å². The van der Waals surface area contributed by atoms with Gasteiger partial charge in [0.1, 0.15) is 12.2 Å². The van der Waals surface area contributed by atoms with Crippen molar-refractivity contribution in [1.29, 1.82) is 0 Å². The Morgan fingerprint density at radius 2 is 1.71 bits per heavy atom. The average molecular weight is 272 g/mol. The largest absolute Gasteiger partial charge is 0.359 e. The van der Waals surface area contributed by atoms with Gasteiger partial charge in [-0.25, -0.2) is 0 Å². The Balaban J connectivity index is 1.96. The molecule has 3 aromatic carbocycles. The lowest BCUT2D eigenvalue weighted by molar-refractivity contribution is 0.112. The van der Waals surface area contributed by atoms with Gasteiger partial charge in [0, 0.05) is 11.1 Å². The maximum Gasteiger partial charge on any atom is 0.151 e. The maximum absolute atomic E-state index is 11.7. The van der Waals surface area contributed by atoms with Crippen LogP contribution in [0.5, 0.6) is 0 Å². The number of fused-ring (bicyclic) bond motifs is 7. The van der Waals surface area contributed by atoms with Gasteiger partial charge in [0.2, 0.25) is 0 Å². The standard InChI is InChI=1S/C19H12O2/c20-10-16-12-6-2-1-5-11(12)9-15-13-7-3-4-8-14(13)18-19(21-18)17(15)16/h1-10,18-19H. The summed E-state index contributed by atoms with van der Waals surface area (Å²) in [6.45, 7) is 0. The quantitative estimate of drug-likeness (QED) is 0.484. The zero-order valence-corrected chi connectivity index (χ0v) is 11.2. The van der Waals surface area contributed by atoms with Crippen molar-refractivity contribution in [2.75, 3.05) is 0 Å². The number of benzene rings is 3. The van der Waals surface area contributed by atoms with Crippen LogP contribution in [-0.4, -0.2) is 6.29 Å². The molecule has 0 N–H and O–H groups in total. The van der Waals surface area contributed by atoms with Crippen molar-refractivity contribution < 1.29 is 9.53 Å². The predicted octanol–water partition coefficient (Wildman–Crippen LogP) is 4.45. The van der Waals surface area contributed by atoms with Crippen molar-refractivity contribution in [1.82, 2.24) is 0 Å². The van der Waals surface area contributed by atoms with Crippen molar-refractivity contribution in [3.63, 3.8) is 0 Å². The van der Waals surface area contributed by atoms with E-state index in [0.717, 1.165) is 33.7 Å². The van der Waals surface area contributed by atoms with Crippen LogP contribution in [0.15, 0.2) is 54.6 Å². The molecule has 2 atom stereocenters. The van der Waals surface area contributed by atoms with Gasteiger partial charge in [-0.05, 0) is 33.5 Å². The van der Waals surface area contributed by atoms with Gasteiger partial charge < -0.3 is 4.74 Å². The van der Waals surface area contributed by atoms with Gasteiger partial charge >= 0.3 is 0 Å². The minimum atomic E-state index is 0.0414. The molecule has 2 aliphatic rings. The summed E-state index contributed by atoms with van der Waals surface area (Å²) in [4.78, 5) is 11.7. The van der Waals surface area contributed by atoms with Gasteiger partial charge in [0.05, 0.1) is 0 Å². The van der Waals surface area contributed by atoms with E-state index in [1.54, 1.807) is 0 Å². The number of ether oxygens (including phenoxy) is 1. The Bertz CT molecular complexity index is 911. The highest BCUT2D eigenvalue weighted by molar-refractivity contribution is 6.04. The SMILES string of the molecule is O=Cc1c2c(cc3ccccc13)-c1ccccc1C1OC21. The molecule has 1 aliphatic carbocycles. The molecular formula is C19H12O2. The predicted molar refractivity (Wildman–Crippen MR) is 81.3 cm³/mol. The molecule has 1 aliphatic heterocycles. The fraction of sp³-hybridized carbons (Fsp3) is 0.105. The summed E-state index contributed by atoms with van der Waals surface area (Å²) < 4.78 is 5.86. The Morgan fingerprint density at radius 3 is 2.62 bits per heavy atom. The molecule has 100 valence electrons. The summed E-state index contributed by atoms with van der Waals surface area (Å²) in [5, 5.41) is 2.12. The van der Waals surface area contributed by atoms with Crippen LogP contribution in [0, 0.1) is 0 Å². The van der Waals surface area contributed by atoms with Gasteiger partial charge in [-0.2, -0.15) is 0 Å². The van der Waals surface area contributed by atoms with Crippen LogP contribution in [0.25, 0.3) is 21.9 Å². The first-order chi connectivity index (χ1) is 10.4. The molecule has 0 bridgehead atoms. The van der Waals surface area contributed by atoms with E-state index in [4.69, 9.17) is 4.74 Å². The first-order valence-corrected chi connectivity index (χ1v) is 7.14. The Morgan fingerprint density at radius 1 is 0.905 bits per heavy atom. The topological polar surface area (TPSA) is 29.6 Å². The number of epoxide rings is 1. The van der Waals surface area contributed by atoms with Crippen molar-refractivity contribution in [2.45, 2.75) is 12.2 Å². The van der Waals surface area contributed by atoms with Gasteiger partial charge in [0.15, 0.2) is 6.29 Å². The molecule has 1 saturated heterocycles. The van der Waals surface area contributed by atoms with Crippen molar-refractivity contribution >= 4 is 17.1 Å². The van der Waals surface area contributed by atoms with E-state index < -0.39 is 0 Å². The monoisotopic (exact) mass is 272 g/mol. The van der Waals surface area contributed by atoms with Crippen molar-refractivity contribution in [2.24, 2.45) is 0 Å². The fourth-order valence-corrected chi connectivity index (χ4v) is 3.61. The molecule has 1 fully saturated rings. The lowest BCUT2D eigenvalue weighted by Gasteiger charge is -2.19. The Labute approximate surface area is 122 Å². The van der Waals surface area contributed by atoms with Crippen LogP contribution in [0.1, 0.15) is 33.7 Å². The third kappa shape index (κ3) is 1.38. The van der Waals surface area contributed by atoms with E-state index in [9.17, 15) is 4.79 Å². The third-order valence-electron chi connectivity index (χ3n) is 4.58. The summed E-state index contributed by atoms with van der Waals surface area (Å²) in [5.74, 6) is 0. The number of carbonyl (C=O) groups is 1. The molecule has 3 aromatic rings. The Kier molecular flexibility index (Phi) is 2.04. The summed E-state index contributed by atoms with van der Waals surface area (Å²) >= 11 is 0. The Hall–Kier alpha value is -2.45. The molecule has 2 heteroatoms. The van der Waals surface area contributed by atoms with E-state index in [-0.39, 0.29) is 12.2 Å². The molecule has 2 unspecified atom stereocenters. The zero-order chi connectivity index (χ0) is 14.0. The van der Waals surface area contributed by atoms with E-state index in [1.807, 2.05) is 30.3 Å². The fourth-order valence-electron chi connectivity index (χ4n) is 3.61. The summed E-state index contributed by atoms with van der Waals surface area (Å²) in [6.07, 6.45) is 1.14. The number of aldehydes is 1. The van der Waals surface area contributed by atoms with E-state index in [2.05, 4.69) is 24.3 Å². The second-order valence-electron chi connectivity index (χ2n) is 5.65. The summed E-state index contributed by atoms with van der Waals surface area (Å²) in [7, 11) is 0. The third-order valence-corrected chi connectivity index (χ3v) is 4.58. The summed E-state index contributed by atoms with van der Waals surface area (Å²) in [5.41, 5.74) is 5.42. The van der Waals surface area contributed by atoms with Crippen LogP contribution in [0.3, 0.4) is 0 Å². The van der Waals surface area contributed by atoms with Crippen molar-refractivity contribution in [3.05, 3.63) is 71.3 Å². The molecule has 0 amide bonds. The molecule has 5 rings (SSSR count). The number of hydrogen-bond acceptors (Lipinski definition) is 2. The smallest absolute Gasteiger partial charge is 0.151 e. The van der Waals surface area contributed by atoms with Gasteiger partial charge in [-0.15, -0.1) is 0 Å². The number of hydrogen-bond donors (Lipinski definition) is 0. The lowest BCUT2D eigenvalue weighted by Crippen LogP contribution is -2.03. The van der Waals surface area contributed by atoms with Crippen LogP contribution in [-0.2, 0) is 4.74 Å². The highest BCUT2D eigenvalue weighted by atomic mass is 16.6. The first kappa shape index (κ1) is 11.2. The van der Waals surface area contributed by atoms with Crippen molar-refractivity contribution in [3.8, 4) is 11.1 Å². The molecular weight excluding hydrogens is 260 g/mol. The maximum atomic E-state index is 11.7. The van der Waals surface area contributed by atoms with Gasteiger partial charge in [-0.3, -0.25) is 4.79 Å².